The zero-order valence-electron chi connectivity index (χ0n) is 18.3. The number of ketones is 1. The van der Waals surface area contributed by atoms with Crippen molar-refractivity contribution >= 4 is 23.2 Å². The molecule has 2 unspecified atom stereocenters. The van der Waals surface area contributed by atoms with E-state index in [0.29, 0.717) is 50.5 Å². The molecule has 3 heterocycles. The first-order valence-electron chi connectivity index (χ1n) is 10.9. The third-order valence-corrected chi connectivity index (χ3v) is 7.54. The minimum absolute atomic E-state index is 0.0139. The van der Waals surface area contributed by atoms with E-state index in [9.17, 15) is 18.0 Å². The molecule has 2 saturated heterocycles. The number of nitrogens with zero attached hydrogens (tertiary/aromatic N) is 3. The maximum Gasteiger partial charge on any atom is 0.266 e. The van der Waals surface area contributed by atoms with Gasteiger partial charge >= 0.3 is 0 Å². The summed E-state index contributed by atoms with van der Waals surface area (Å²) in [7, 11) is 1.95. The van der Waals surface area contributed by atoms with Crippen LogP contribution in [-0.4, -0.2) is 53.0 Å². The molecule has 2 aromatic rings. The summed E-state index contributed by atoms with van der Waals surface area (Å²) >= 11 is 6.19. The number of nitrogens with one attached hydrogen (secondary N) is 1. The molecule has 3 aliphatic rings. The SMILES string of the molecule is C[C@@H](Nc1nc(Cl)nc2c1CC1(C2)CN(C)C2(CCOC2)C1=O)c1cccc(C(F)F)c1F. The van der Waals surface area contributed by atoms with Gasteiger partial charge in [-0.15, -0.1) is 0 Å². The predicted octanol–water partition coefficient (Wildman–Crippen LogP) is 4.14. The Morgan fingerprint density at radius 3 is 2.70 bits per heavy atom. The van der Waals surface area contributed by atoms with Crippen LogP contribution in [0.1, 0.15) is 48.2 Å². The molecule has 0 amide bonds. The molecule has 33 heavy (non-hydrogen) atoms. The molecule has 1 N–H and O–H groups in total. The summed E-state index contributed by atoms with van der Waals surface area (Å²) in [6.07, 6.45) is -1.38. The highest BCUT2D eigenvalue weighted by Crippen LogP contribution is 2.50. The van der Waals surface area contributed by atoms with Gasteiger partial charge in [-0.3, -0.25) is 9.69 Å². The minimum atomic E-state index is -2.91. The van der Waals surface area contributed by atoms with E-state index in [-0.39, 0.29) is 16.6 Å². The number of carbonyl (C=O) groups excluding carboxylic acids is 1. The Labute approximate surface area is 194 Å². The molecule has 1 aromatic carbocycles. The van der Waals surface area contributed by atoms with E-state index in [2.05, 4.69) is 20.2 Å². The van der Waals surface area contributed by atoms with Gasteiger partial charge in [-0.1, -0.05) is 18.2 Å². The monoisotopic (exact) mass is 480 g/mol. The summed E-state index contributed by atoms with van der Waals surface area (Å²) in [6, 6.07) is 3.28. The van der Waals surface area contributed by atoms with E-state index in [4.69, 9.17) is 16.3 Å². The van der Waals surface area contributed by atoms with Gasteiger partial charge in [-0.05, 0) is 38.4 Å². The summed E-state index contributed by atoms with van der Waals surface area (Å²) < 4.78 is 46.6. The number of benzene rings is 1. The Morgan fingerprint density at radius 2 is 2.00 bits per heavy atom. The van der Waals surface area contributed by atoms with Gasteiger partial charge in [0.25, 0.3) is 6.43 Å². The predicted molar refractivity (Wildman–Crippen MR) is 116 cm³/mol. The highest BCUT2D eigenvalue weighted by Gasteiger charge is 2.63. The number of likely N-dealkylation sites (tertiary alicyclic amines) is 1. The van der Waals surface area contributed by atoms with Crippen LogP contribution in [-0.2, 0) is 22.4 Å². The van der Waals surface area contributed by atoms with Crippen LogP contribution >= 0.6 is 11.6 Å². The molecule has 0 radical (unpaired) electrons. The number of Topliss-reactive ketones (excluding diaryl/α,β-unsaturated/α-hetero) is 1. The molecule has 2 fully saturated rings. The number of likely N-dealkylation sites (N-methyl/N-ethyl adjacent to an activating group) is 1. The number of anilines is 1. The summed E-state index contributed by atoms with van der Waals surface area (Å²) in [5.41, 5.74) is -0.361. The fourth-order valence-electron chi connectivity index (χ4n) is 5.68. The van der Waals surface area contributed by atoms with Crippen molar-refractivity contribution in [3.63, 3.8) is 0 Å². The zero-order chi connectivity index (χ0) is 23.5. The van der Waals surface area contributed by atoms with Crippen molar-refractivity contribution in [3.05, 3.63) is 51.7 Å². The van der Waals surface area contributed by atoms with Crippen molar-refractivity contribution in [2.45, 2.75) is 44.2 Å². The second-order valence-corrected chi connectivity index (χ2v) is 9.67. The number of fused-ring (bicyclic) bond motifs is 1. The molecule has 1 aromatic heterocycles. The van der Waals surface area contributed by atoms with Gasteiger partial charge in [0.05, 0.1) is 29.3 Å². The Bertz CT molecular complexity index is 1130. The molecular formula is C23H24ClF3N4O2. The van der Waals surface area contributed by atoms with Crippen LogP contribution < -0.4 is 5.32 Å². The summed E-state index contributed by atoms with van der Waals surface area (Å²) in [6.45, 7) is 3.18. The Morgan fingerprint density at radius 1 is 1.24 bits per heavy atom. The smallest absolute Gasteiger partial charge is 0.266 e. The third kappa shape index (κ3) is 3.43. The van der Waals surface area contributed by atoms with Gasteiger partial charge < -0.3 is 10.1 Å². The summed E-state index contributed by atoms with van der Waals surface area (Å²) in [5, 5.41) is 3.14. The van der Waals surface area contributed by atoms with Gasteiger partial charge in [0.1, 0.15) is 17.2 Å². The van der Waals surface area contributed by atoms with Crippen LogP contribution in [0.25, 0.3) is 0 Å². The second kappa shape index (κ2) is 7.92. The van der Waals surface area contributed by atoms with Crippen LogP contribution in [0, 0.1) is 11.2 Å². The number of hydrogen-bond acceptors (Lipinski definition) is 6. The standard InChI is InChI=1S/C23H24ClF3N4O2/c1-12(13-4-3-5-14(17(13)25)18(26)27)28-19-15-8-22(9-16(15)29-21(24)30-19)10-31(2)23(20(22)32)6-7-33-11-23/h3-5,12,18H,6-11H2,1-2H3,(H,28,29,30)/t12-,22?,23?/m1/s1. The lowest BCUT2D eigenvalue weighted by atomic mass is 9.76. The van der Waals surface area contributed by atoms with Crippen LogP contribution in [0.5, 0.6) is 0 Å². The van der Waals surface area contributed by atoms with E-state index in [0.717, 1.165) is 11.6 Å². The molecule has 0 saturated carbocycles. The number of rotatable bonds is 4. The molecule has 176 valence electrons. The number of aromatic nitrogens is 2. The van der Waals surface area contributed by atoms with Crippen LogP contribution in [0.15, 0.2) is 18.2 Å². The molecule has 2 aliphatic heterocycles. The highest BCUT2D eigenvalue weighted by atomic mass is 35.5. The Hall–Kier alpha value is -2.23. The Balaban J connectivity index is 1.46. The van der Waals surface area contributed by atoms with Crippen LogP contribution in [0.4, 0.5) is 19.0 Å². The minimum Gasteiger partial charge on any atom is -0.379 e. The number of ether oxygens (including phenoxy) is 1. The zero-order valence-corrected chi connectivity index (χ0v) is 19.1. The van der Waals surface area contributed by atoms with E-state index in [1.165, 1.54) is 12.1 Å². The number of alkyl halides is 2. The van der Waals surface area contributed by atoms with E-state index < -0.39 is 34.8 Å². The van der Waals surface area contributed by atoms with Gasteiger partial charge in [-0.25, -0.2) is 23.1 Å². The summed E-state index contributed by atoms with van der Waals surface area (Å²) in [5.74, 6) is -0.398. The lowest BCUT2D eigenvalue weighted by Gasteiger charge is -2.28. The van der Waals surface area contributed by atoms with E-state index in [1.807, 2.05) is 7.05 Å². The van der Waals surface area contributed by atoms with Crippen molar-refractivity contribution in [2.75, 3.05) is 32.1 Å². The maximum atomic E-state index is 14.7. The van der Waals surface area contributed by atoms with Crippen molar-refractivity contribution in [2.24, 2.45) is 5.41 Å². The third-order valence-electron chi connectivity index (χ3n) is 7.38. The fourth-order valence-corrected chi connectivity index (χ4v) is 5.86. The van der Waals surface area contributed by atoms with Crippen molar-refractivity contribution in [1.29, 1.82) is 0 Å². The second-order valence-electron chi connectivity index (χ2n) is 9.34. The molecule has 1 aliphatic carbocycles. The molecule has 10 heteroatoms. The highest BCUT2D eigenvalue weighted by molar-refractivity contribution is 6.28. The van der Waals surface area contributed by atoms with Gasteiger partial charge in [0.2, 0.25) is 5.28 Å². The lowest BCUT2D eigenvalue weighted by Crippen LogP contribution is -2.48. The number of hydrogen-bond donors (Lipinski definition) is 1. The number of halogens is 4. The van der Waals surface area contributed by atoms with Crippen LogP contribution in [0.3, 0.4) is 0 Å². The quantitative estimate of drug-likeness (QED) is 0.663. The molecule has 5 rings (SSSR count). The Kier molecular flexibility index (Phi) is 5.42. The average Bonchev–Trinajstić information content (AvgIpc) is 3.43. The van der Waals surface area contributed by atoms with Crippen LogP contribution in [0.2, 0.25) is 5.28 Å². The largest absolute Gasteiger partial charge is 0.379 e. The fraction of sp³-hybridized carbons (Fsp3) is 0.522. The number of carbonyl (C=O) groups is 1. The molecule has 3 atom stereocenters. The lowest BCUT2D eigenvalue weighted by molar-refractivity contribution is -0.131. The molecule has 2 spiro atoms. The van der Waals surface area contributed by atoms with Gasteiger partial charge in [0.15, 0.2) is 5.78 Å². The first kappa shape index (κ1) is 22.6. The normalized spacial score (nSPS) is 27.8. The molecule has 0 bridgehead atoms. The molecular weight excluding hydrogens is 457 g/mol. The summed E-state index contributed by atoms with van der Waals surface area (Å²) in [4.78, 5) is 24.5. The van der Waals surface area contributed by atoms with E-state index >= 15 is 0 Å². The van der Waals surface area contributed by atoms with E-state index in [1.54, 1.807) is 6.92 Å². The van der Waals surface area contributed by atoms with Crippen molar-refractivity contribution in [1.82, 2.24) is 14.9 Å². The first-order valence-corrected chi connectivity index (χ1v) is 11.3. The van der Waals surface area contributed by atoms with Gasteiger partial charge in [0, 0.05) is 30.7 Å². The van der Waals surface area contributed by atoms with Gasteiger partial charge in [-0.2, -0.15) is 0 Å². The maximum absolute atomic E-state index is 14.7. The first-order chi connectivity index (χ1) is 15.7. The molecule has 6 nitrogen and oxygen atoms in total. The van der Waals surface area contributed by atoms with Crippen molar-refractivity contribution in [3.8, 4) is 0 Å². The average molecular weight is 481 g/mol. The topological polar surface area (TPSA) is 67.3 Å². The van der Waals surface area contributed by atoms with Crippen molar-refractivity contribution < 1.29 is 22.7 Å².